The summed E-state index contributed by atoms with van der Waals surface area (Å²) in [5.41, 5.74) is 7.19. The van der Waals surface area contributed by atoms with Crippen LogP contribution in [0, 0.1) is 6.92 Å². The normalized spacial score (nSPS) is 18.2. The second-order valence-corrected chi connectivity index (χ2v) is 5.86. The van der Waals surface area contributed by atoms with Crippen molar-refractivity contribution in [2.24, 2.45) is 5.73 Å². The van der Waals surface area contributed by atoms with Crippen LogP contribution in [0.15, 0.2) is 36.5 Å². The van der Waals surface area contributed by atoms with E-state index in [1.807, 2.05) is 0 Å². The van der Waals surface area contributed by atoms with E-state index in [1.165, 1.54) is 18.3 Å². The third kappa shape index (κ3) is 2.87. The van der Waals surface area contributed by atoms with E-state index >= 15 is 0 Å². The third-order valence-electron chi connectivity index (χ3n) is 4.31. The lowest BCUT2D eigenvalue weighted by Crippen LogP contribution is -2.33. The lowest BCUT2D eigenvalue weighted by Gasteiger charge is -2.27. The van der Waals surface area contributed by atoms with Gasteiger partial charge in [-0.2, -0.15) is 13.2 Å². The summed E-state index contributed by atoms with van der Waals surface area (Å²) in [6.45, 7) is 1.87. The number of nitrogens with zero attached hydrogens (tertiary/aromatic N) is 1. The van der Waals surface area contributed by atoms with Crippen molar-refractivity contribution in [3.8, 4) is 0 Å². The van der Waals surface area contributed by atoms with Crippen LogP contribution in [0.1, 0.15) is 44.7 Å². The maximum Gasteiger partial charge on any atom is 0.399 e. The van der Waals surface area contributed by atoms with Gasteiger partial charge in [0.25, 0.3) is 0 Å². The largest absolute Gasteiger partial charge is 0.399 e. The van der Waals surface area contributed by atoms with E-state index in [9.17, 15) is 18.0 Å². The number of carbonyl (C=O) groups excluding carboxylic acids is 1. The Kier molecular flexibility index (Phi) is 4.04. The standard InChI is InChI=1S/C17H16F3N3O/c1-9-3-2-6-22-14(9)13(17(18,19)20)15-12-5-4-10(16(21)24)7-11(12)8-23-15/h2-7,13,15,23H,8H2,1H3,(H2,21,24)/t13-,15?/m0/s1. The van der Waals surface area contributed by atoms with Crippen molar-refractivity contribution in [1.82, 2.24) is 10.3 Å². The molecule has 0 fully saturated rings. The maximum atomic E-state index is 13.8. The number of nitrogens with two attached hydrogens (primary N) is 1. The molecule has 1 unspecified atom stereocenters. The van der Waals surface area contributed by atoms with E-state index in [4.69, 9.17) is 5.73 Å². The molecule has 24 heavy (non-hydrogen) atoms. The minimum Gasteiger partial charge on any atom is -0.366 e. The molecule has 4 nitrogen and oxygen atoms in total. The van der Waals surface area contributed by atoms with Crippen LogP contribution in [0.5, 0.6) is 0 Å². The molecule has 3 N–H and O–H groups in total. The number of amides is 1. The number of hydrogen-bond acceptors (Lipinski definition) is 3. The number of alkyl halides is 3. The van der Waals surface area contributed by atoms with E-state index in [2.05, 4.69) is 10.3 Å². The molecular weight excluding hydrogens is 319 g/mol. The van der Waals surface area contributed by atoms with Gasteiger partial charge in [0.05, 0.1) is 5.69 Å². The van der Waals surface area contributed by atoms with Crippen LogP contribution >= 0.6 is 0 Å². The van der Waals surface area contributed by atoms with Gasteiger partial charge < -0.3 is 11.1 Å². The van der Waals surface area contributed by atoms with Crippen LogP contribution in [0.25, 0.3) is 0 Å². The van der Waals surface area contributed by atoms with Gasteiger partial charge in [0.15, 0.2) is 0 Å². The fourth-order valence-corrected chi connectivity index (χ4v) is 3.17. The molecule has 0 saturated heterocycles. The Balaban J connectivity index is 2.07. The van der Waals surface area contributed by atoms with Crippen molar-refractivity contribution in [3.05, 3.63) is 64.5 Å². The van der Waals surface area contributed by atoms with Crippen molar-refractivity contribution in [1.29, 1.82) is 0 Å². The number of fused-ring (bicyclic) bond motifs is 1. The molecule has 2 aromatic rings. The lowest BCUT2D eigenvalue weighted by molar-refractivity contribution is -0.158. The summed E-state index contributed by atoms with van der Waals surface area (Å²) >= 11 is 0. The molecule has 3 rings (SSSR count). The Morgan fingerprint density at radius 1 is 1.38 bits per heavy atom. The molecule has 0 radical (unpaired) electrons. The highest BCUT2D eigenvalue weighted by atomic mass is 19.4. The highest BCUT2D eigenvalue weighted by Gasteiger charge is 2.49. The average Bonchev–Trinajstić information content (AvgIpc) is 2.91. The second-order valence-electron chi connectivity index (χ2n) is 5.86. The predicted molar refractivity (Wildman–Crippen MR) is 82.3 cm³/mol. The monoisotopic (exact) mass is 335 g/mol. The van der Waals surface area contributed by atoms with Gasteiger partial charge in [-0.3, -0.25) is 9.78 Å². The topological polar surface area (TPSA) is 68.0 Å². The van der Waals surface area contributed by atoms with E-state index in [0.29, 0.717) is 16.7 Å². The number of primary amides is 1. The molecular formula is C17H16F3N3O. The first kappa shape index (κ1) is 16.4. The summed E-state index contributed by atoms with van der Waals surface area (Å²) in [5, 5.41) is 2.91. The average molecular weight is 335 g/mol. The summed E-state index contributed by atoms with van der Waals surface area (Å²) in [5.74, 6) is -2.37. The Labute approximate surface area is 136 Å². The predicted octanol–water partition coefficient (Wildman–Crippen LogP) is 2.98. The first-order valence-electron chi connectivity index (χ1n) is 7.43. The van der Waals surface area contributed by atoms with Crippen molar-refractivity contribution in [2.45, 2.75) is 31.6 Å². The zero-order valence-electron chi connectivity index (χ0n) is 12.9. The summed E-state index contributed by atoms with van der Waals surface area (Å²) in [6.07, 6.45) is -3.09. The van der Waals surface area contributed by atoms with E-state index < -0.39 is 24.0 Å². The number of hydrogen-bond donors (Lipinski definition) is 2. The molecule has 1 aromatic carbocycles. The second kappa shape index (κ2) is 5.90. The molecule has 126 valence electrons. The van der Waals surface area contributed by atoms with Gasteiger partial charge in [0, 0.05) is 24.3 Å². The zero-order valence-corrected chi connectivity index (χ0v) is 12.9. The SMILES string of the molecule is Cc1cccnc1[C@@H](C1NCc2cc(C(N)=O)ccc21)C(F)(F)F. The van der Waals surface area contributed by atoms with Crippen molar-refractivity contribution in [3.63, 3.8) is 0 Å². The van der Waals surface area contributed by atoms with E-state index in [0.717, 1.165) is 0 Å². The van der Waals surface area contributed by atoms with Crippen molar-refractivity contribution >= 4 is 5.91 Å². The minimum atomic E-state index is -4.46. The van der Waals surface area contributed by atoms with Crippen LogP contribution in [-0.4, -0.2) is 17.1 Å². The maximum absolute atomic E-state index is 13.8. The minimum absolute atomic E-state index is 0.00864. The summed E-state index contributed by atoms with van der Waals surface area (Å²) < 4.78 is 41.4. The Morgan fingerprint density at radius 3 is 2.75 bits per heavy atom. The van der Waals surface area contributed by atoms with Gasteiger partial charge in [-0.25, -0.2) is 0 Å². The number of benzene rings is 1. The van der Waals surface area contributed by atoms with Crippen LogP contribution < -0.4 is 11.1 Å². The summed E-state index contributed by atoms with van der Waals surface area (Å²) in [6, 6.07) is 6.82. The van der Waals surface area contributed by atoms with E-state index in [-0.39, 0.29) is 17.8 Å². The molecule has 0 spiro atoms. The highest BCUT2D eigenvalue weighted by Crippen LogP contribution is 2.46. The molecule has 0 aliphatic carbocycles. The third-order valence-corrected chi connectivity index (χ3v) is 4.31. The molecule has 1 aromatic heterocycles. The molecule has 0 bridgehead atoms. The lowest BCUT2D eigenvalue weighted by atomic mass is 9.87. The molecule has 7 heteroatoms. The van der Waals surface area contributed by atoms with Gasteiger partial charge in [0.2, 0.25) is 5.91 Å². The van der Waals surface area contributed by atoms with Gasteiger partial charge in [-0.05, 0) is 41.8 Å². The number of nitrogens with one attached hydrogen (secondary N) is 1. The molecule has 2 atom stereocenters. The molecule has 1 amide bonds. The number of carbonyl (C=O) groups is 1. The van der Waals surface area contributed by atoms with Crippen LogP contribution in [0.4, 0.5) is 13.2 Å². The van der Waals surface area contributed by atoms with Gasteiger partial charge in [-0.15, -0.1) is 0 Å². The zero-order chi connectivity index (χ0) is 17.5. The van der Waals surface area contributed by atoms with E-state index in [1.54, 1.807) is 25.1 Å². The van der Waals surface area contributed by atoms with Gasteiger partial charge >= 0.3 is 6.18 Å². The number of halogens is 3. The molecule has 2 heterocycles. The van der Waals surface area contributed by atoms with Gasteiger partial charge in [-0.1, -0.05) is 12.1 Å². The molecule has 1 aliphatic rings. The highest BCUT2D eigenvalue weighted by molar-refractivity contribution is 5.93. The summed E-state index contributed by atoms with van der Waals surface area (Å²) in [7, 11) is 0. The van der Waals surface area contributed by atoms with Crippen LogP contribution in [-0.2, 0) is 6.54 Å². The Morgan fingerprint density at radius 2 is 2.12 bits per heavy atom. The van der Waals surface area contributed by atoms with Crippen LogP contribution in [0.3, 0.4) is 0 Å². The number of pyridine rings is 1. The van der Waals surface area contributed by atoms with Crippen LogP contribution in [0.2, 0.25) is 0 Å². The Bertz CT molecular complexity index is 789. The quantitative estimate of drug-likeness (QED) is 0.906. The van der Waals surface area contributed by atoms with Crippen molar-refractivity contribution in [2.75, 3.05) is 0 Å². The first-order valence-corrected chi connectivity index (χ1v) is 7.43. The number of aromatic nitrogens is 1. The molecule has 1 aliphatic heterocycles. The smallest absolute Gasteiger partial charge is 0.366 e. The Hall–Kier alpha value is -2.41. The molecule has 0 saturated carbocycles. The fourth-order valence-electron chi connectivity index (χ4n) is 3.17. The number of aryl methyl sites for hydroxylation is 1. The number of rotatable bonds is 3. The summed E-state index contributed by atoms with van der Waals surface area (Å²) in [4.78, 5) is 15.2. The van der Waals surface area contributed by atoms with Gasteiger partial charge in [0.1, 0.15) is 5.92 Å². The fraction of sp³-hybridized carbons (Fsp3) is 0.294. The van der Waals surface area contributed by atoms with Crippen molar-refractivity contribution < 1.29 is 18.0 Å². The first-order chi connectivity index (χ1) is 11.3.